The van der Waals surface area contributed by atoms with E-state index < -0.39 is 24.1 Å². The lowest BCUT2D eigenvalue weighted by atomic mass is 10.2. The zero-order valence-corrected chi connectivity index (χ0v) is 9.43. The van der Waals surface area contributed by atoms with Gasteiger partial charge in [0.2, 0.25) is 0 Å². The van der Waals surface area contributed by atoms with Gasteiger partial charge in [0.05, 0.1) is 6.10 Å². The largest absolute Gasteiger partial charge is 0.480 e. The third-order valence-electron chi connectivity index (χ3n) is 2.84. The van der Waals surface area contributed by atoms with Crippen molar-refractivity contribution in [2.24, 2.45) is 11.8 Å². The Labute approximate surface area is 94.0 Å². The molecule has 0 spiro atoms. The number of nitrogens with one attached hydrogen (secondary N) is 2. The molecule has 92 valence electrons. The summed E-state index contributed by atoms with van der Waals surface area (Å²) in [6.07, 6.45) is -0.0259. The number of amides is 2. The number of aliphatic hydroxyl groups is 1. The second-order valence-electron chi connectivity index (χ2n) is 4.38. The van der Waals surface area contributed by atoms with Gasteiger partial charge in [0, 0.05) is 6.54 Å². The van der Waals surface area contributed by atoms with Crippen LogP contribution in [-0.4, -0.2) is 40.9 Å². The Morgan fingerprint density at radius 3 is 2.44 bits per heavy atom. The van der Waals surface area contributed by atoms with E-state index in [-0.39, 0.29) is 0 Å². The quantitative estimate of drug-likeness (QED) is 0.524. The molecule has 0 aromatic rings. The van der Waals surface area contributed by atoms with E-state index in [4.69, 9.17) is 10.2 Å². The van der Waals surface area contributed by atoms with Crippen LogP contribution in [0, 0.1) is 11.8 Å². The molecule has 1 aliphatic rings. The first-order valence-electron chi connectivity index (χ1n) is 5.37. The minimum atomic E-state index is -1.27. The van der Waals surface area contributed by atoms with Gasteiger partial charge in [-0.15, -0.1) is 0 Å². The van der Waals surface area contributed by atoms with Crippen LogP contribution in [0.4, 0.5) is 4.79 Å². The first-order chi connectivity index (χ1) is 7.41. The van der Waals surface area contributed by atoms with E-state index in [2.05, 4.69) is 17.6 Å². The van der Waals surface area contributed by atoms with Gasteiger partial charge in [-0.2, -0.15) is 0 Å². The number of rotatable bonds is 5. The third-order valence-corrected chi connectivity index (χ3v) is 2.84. The fourth-order valence-corrected chi connectivity index (χ4v) is 1.49. The Morgan fingerprint density at radius 1 is 1.50 bits per heavy atom. The van der Waals surface area contributed by atoms with E-state index in [1.807, 2.05) is 0 Å². The van der Waals surface area contributed by atoms with Crippen molar-refractivity contribution in [1.82, 2.24) is 10.6 Å². The summed E-state index contributed by atoms with van der Waals surface area (Å²) in [7, 11) is 0. The zero-order chi connectivity index (χ0) is 12.3. The molecule has 0 heterocycles. The lowest BCUT2D eigenvalue weighted by molar-refractivity contribution is -0.141. The predicted octanol–water partition coefficient (Wildman–Crippen LogP) is -0.224. The van der Waals surface area contributed by atoms with Crippen LogP contribution in [-0.2, 0) is 4.79 Å². The lowest BCUT2D eigenvalue weighted by Crippen LogP contribution is -2.51. The maximum Gasteiger partial charge on any atom is 0.328 e. The fourth-order valence-electron chi connectivity index (χ4n) is 1.49. The standard InChI is InChI=1S/C10H18N2O4/c1-5-3-7(5)4-11-10(16)12-8(6(2)13)9(14)15/h5-8,13H,3-4H2,1-2H3,(H,14,15)(H2,11,12,16)/t5?,6-,7?,8+/m1/s1. The molecule has 0 bridgehead atoms. The van der Waals surface area contributed by atoms with E-state index in [9.17, 15) is 9.59 Å². The smallest absolute Gasteiger partial charge is 0.328 e. The van der Waals surface area contributed by atoms with Crippen LogP contribution < -0.4 is 10.6 Å². The highest BCUT2D eigenvalue weighted by Gasteiger charge is 2.33. The van der Waals surface area contributed by atoms with Crippen LogP contribution in [0.5, 0.6) is 0 Å². The van der Waals surface area contributed by atoms with Crippen molar-refractivity contribution in [3.8, 4) is 0 Å². The molecule has 4 N–H and O–H groups in total. The van der Waals surface area contributed by atoms with Gasteiger partial charge in [-0.1, -0.05) is 6.92 Å². The summed E-state index contributed by atoms with van der Waals surface area (Å²) < 4.78 is 0. The van der Waals surface area contributed by atoms with E-state index in [1.165, 1.54) is 6.92 Å². The summed E-state index contributed by atoms with van der Waals surface area (Å²) in [6, 6.07) is -1.82. The van der Waals surface area contributed by atoms with Gasteiger partial charge in [-0.25, -0.2) is 9.59 Å². The second-order valence-corrected chi connectivity index (χ2v) is 4.38. The maximum absolute atomic E-state index is 11.3. The van der Waals surface area contributed by atoms with Gasteiger partial charge in [-0.3, -0.25) is 0 Å². The molecule has 1 rings (SSSR count). The van der Waals surface area contributed by atoms with E-state index >= 15 is 0 Å². The van der Waals surface area contributed by atoms with Crippen molar-refractivity contribution >= 4 is 12.0 Å². The summed E-state index contributed by atoms with van der Waals surface area (Å²) in [5.74, 6) is -0.113. The van der Waals surface area contributed by atoms with Crippen LogP contribution >= 0.6 is 0 Å². The molecule has 1 saturated carbocycles. The number of hydrogen-bond donors (Lipinski definition) is 4. The Morgan fingerprint density at radius 2 is 2.06 bits per heavy atom. The summed E-state index contributed by atoms with van der Waals surface area (Å²) in [6.45, 7) is 3.97. The fraction of sp³-hybridized carbons (Fsp3) is 0.800. The minimum Gasteiger partial charge on any atom is -0.480 e. The number of carbonyl (C=O) groups is 2. The molecule has 16 heavy (non-hydrogen) atoms. The first-order valence-corrected chi connectivity index (χ1v) is 5.37. The molecule has 6 heteroatoms. The number of aliphatic carboxylic acids is 1. The van der Waals surface area contributed by atoms with Gasteiger partial charge >= 0.3 is 12.0 Å². The average Bonchev–Trinajstić information content (AvgIpc) is 2.87. The number of urea groups is 1. The molecule has 1 fully saturated rings. The molecule has 0 aliphatic heterocycles. The van der Waals surface area contributed by atoms with Gasteiger partial charge in [0.1, 0.15) is 0 Å². The van der Waals surface area contributed by atoms with Gasteiger partial charge in [-0.05, 0) is 25.2 Å². The highest BCUT2D eigenvalue weighted by Crippen LogP contribution is 2.36. The van der Waals surface area contributed by atoms with E-state index in [0.717, 1.165) is 6.42 Å². The molecule has 0 saturated heterocycles. The summed E-state index contributed by atoms with van der Waals surface area (Å²) >= 11 is 0. The SMILES string of the molecule is CC1CC1CNC(=O)N[C@H](C(=O)O)[C@@H](C)O. The van der Waals surface area contributed by atoms with Crippen molar-refractivity contribution in [3.05, 3.63) is 0 Å². The van der Waals surface area contributed by atoms with Crippen molar-refractivity contribution in [1.29, 1.82) is 0 Å². The lowest BCUT2D eigenvalue weighted by Gasteiger charge is -2.17. The molecule has 4 atom stereocenters. The topological polar surface area (TPSA) is 98.7 Å². The third kappa shape index (κ3) is 3.69. The van der Waals surface area contributed by atoms with E-state index in [0.29, 0.717) is 18.4 Å². The predicted molar refractivity (Wildman–Crippen MR) is 56.9 cm³/mol. The number of carbonyl (C=O) groups excluding carboxylic acids is 1. The minimum absolute atomic E-state index is 0.501. The number of hydrogen-bond acceptors (Lipinski definition) is 3. The molecular weight excluding hydrogens is 212 g/mol. The normalized spacial score (nSPS) is 26.7. The van der Waals surface area contributed by atoms with Crippen LogP contribution in [0.3, 0.4) is 0 Å². The summed E-state index contributed by atoms with van der Waals surface area (Å²) in [5, 5.41) is 22.7. The molecule has 0 radical (unpaired) electrons. The molecule has 0 aromatic carbocycles. The molecule has 6 nitrogen and oxygen atoms in total. The first kappa shape index (κ1) is 12.8. The monoisotopic (exact) mass is 230 g/mol. The zero-order valence-electron chi connectivity index (χ0n) is 9.43. The molecule has 2 unspecified atom stereocenters. The number of carboxylic acid groups (broad SMARTS) is 1. The van der Waals surface area contributed by atoms with Crippen molar-refractivity contribution < 1.29 is 19.8 Å². The average molecular weight is 230 g/mol. The van der Waals surface area contributed by atoms with Crippen LogP contribution in [0.25, 0.3) is 0 Å². The second kappa shape index (κ2) is 5.16. The maximum atomic E-state index is 11.3. The number of carboxylic acids is 1. The number of aliphatic hydroxyl groups excluding tert-OH is 1. The van der Waals surface area contributed by atoms with E-state index in [1.54, 1.807) is 0 Å². The van der Waals surface area contributed by atoms with Crippen molar-refractivity contribution in [2.75, 3.05) is 6.54 Å². The Balaban J connectivity index is 2.28. The van der Waals surface area contributed by atoms with Crippen LogP contribution in [0.2, 0.25) is 0 Å². The Hall–Kier alpha value is -1.30. The highest BCUT2D eigenvalue weighted by molar-refractivity contribution is 5.82. The van der Waals surface area contributed by atoms with Crippen LogP contribution in [0.1, 0.15) is 20.3 Å². The van der Waals surface area contributed by atoms with Gasteiger partial charge in [0.25, 0.3) is 0 Å². The highest BCUT2D eigenvalue weighted by atomic mass is 16.4. The van der Waals surface area contributed by atoms with Crippen molar-refractivity contribution in [2.45, 2.75) is 32.4 Å². The Bertz CT molecular complexity index is 280. The van der Waals surface area contributed by atoms with Crippen LogP contribution in [0.15, 0.2) is 0 Å². The van der Waals surface area contributed by atoms with Crippen molar-refractivity contribution in [3.63, 3.8) is 0 Å². The Kier molecular flexibility index (Phi) is 4.12. The summed E-state index contributed by atoms with van der Waals surface area (Å²) in [5.41, 5.74) is 0. The molecule has 1 aliphatic carbocycles. The molecule has 2 amide bonds. The molecule has 0 aromatic heterocycles. The molecular formula is C10H18N2O4. The van der Waals surface area contributed by atoms with Gasteiger partial charge < -0.3 is 20.8 Å². The summed E-state index contributed by atoms with van der Waals surface area (Å²) in [4.78, 5) is 22.0. The van der Waals surface area contributed by atoms with Gasteiger partial charge in [0.15, 0.2) is 6.04 Å².